The van der Waals surface area contributed by atoms with Crippen LogP contribution in [0.1, 0.15) is 21.5 Å². The van der Waals surface area contributed by atoms with Crippen molar-refractivity contribution in [2.24, 2.45) is 0 Å². The molecule has 6 nitrogen and oxygen atoms in total. The quantitative estimate of drug-likeness (QED) is 0.418. The van der Waals surface area contributed by atoms with Crippen molar-refractivity contribution in [2.45, 2.75) is 20.4 Å². The molecule has 0 aliphatic heterocycles. The summed E-state index contributed by atoms with van der Waals surface area (Å²) in [7, 11) is 0. The van der Waals surface area contributed by atoms with E-state index >= 15 is 0 Å². The van der Waals surface area contributed by atoms with Gasteiger partial charge >= 0.3 is 5.69 Å². The third-order valence-electron chi connectivity index (χ3n) is 5.44. The lowest BCUT2D eigenvalue weighted by Gasteiger charge is -2.10. The van der Waals surface area contributed by atoms with Gasteiger partial charge in [0.25, 0.3) is 0 Å². The highest BCUT2D eigenvalue weighted by atomic mass is 16.2. The fourth-order valence-electron chi connectivity index (χ4n) is 3.69. The third kappa shape index (κ3) is 3.32. The summed E-state index contributed by atoms with van der Waals surface area (Å²) in [4.78, 5) is 30.9. The lowest BCUT2D eigenvalue weighted by atomic mass is 10.1. The van der Waals surface area contributed by atoms with Gasteiger partial charge in [-0.15, -0.1) is 5.10 Å². The van der Waals surface area contributed by atoms with Crippen LogP contribution >= 0.6 is 0 Å². The molecule has 0 fully saturated rings. The first kappa shape index (κ1) is 18.9. The second-order valence-electron chi connectivity index (χ2n) is 7.71. The van der Waals surface area contributed by atoms with Crippen LogP contribution in [0.25, 0.3) is 27.9 Å². The van der Waals surface area contributed by atoms with Crippen molar-refractivity contribution >= 4 is 22.3 Å². The lowest BCUT2D eigenvalue weighted by molar-refractivity contribution is 0.0971. The molecular formula is C25H20N4O2. The van der Waals surface area contributed by atoms with Gasteiger partial charge in [0, 0.05) is 16.5 Å². The Labute approximate surface area is 178 Å². The molecule has 0 amide bonds. The highest BCUT2D eigenvalue weighted by molar-refractivity contribution is 5.98. The van der Waals surface area contributed by atoms with Crippen LogP contribution in [0, 0.1) is 13.8 Å². The summed E-state index contributed by atoms with van der Waals surface area (Å²) in [6.45, 7) is 3.91. The maximum absolute atomic E-state index is 13.3. The minimum atomic E-state index is -0.389. The molecule has 31 heavy (non-hydrogen) atoms. The Morgan fingerprint density at radius 2 is 1.52 bits per heavy atom. The van der Waals surface area contributed by atoms with Gasteiger partial charge in [0.2, 0.25) is 0 Å². The molecule has 0 N–H and O–H groups in total. The zero-order valence-corrected chi connectivity index (χ0v) is 17.2. The molecule has 0 atom stereocenters. The molecule has 2 aromatic heterocycles. The zero-order valence-electron chi connectivity index (χ0n) is 17.2. The van der Waals surface area contributed by atoms with Crippen LogP contribution < -0.4 is 5.69 Å². The maximum Gasteiger partial charge on any atom is 0.351 e. The number of ketones is 1. The van der Waals surface area contributed by atoms with E-state index in [9.17, 15) is 9.59 Å². The van der Waals surface area contributed by atoms with E-state index < -0.39 is 0 Å². The molecule has 0 aliphatic rings. The molecule has 2 heterocycles. The average molecular weight is 408 g/mol. The van der Waals surface area contributed by atoms with Crippen LogP contribution in [0.4, 0.5) is 0 Å². The molecule has 0 spiro atoms. The van der Waals surface area contributed by atoms with Crippen molar-refractivity contribution in [3.63, 3.8) is 0 Å². The number of nitrogens with zero attached hydrogens (tertiary/aromatic N) is 4. The summed E-state index contributed by atoms with van der Waals surface area (Å²) in [5.41, 5.74) is 4.36. The number of hydrogen-bond donors (Lipinski definition) is 0. The molecule has 0 aliphatic carbocycles. The molecule has 5 aromatic rings. The molecule has 0 saturated heterocycles. The molecule has 152 valence electrons. The summed E-state index contributed by atoms with van der Waals surface area (Å²) < 4.78 is 2.76. The fraction of sp³-hybridized carbons (Fsp3) is 0.120. The molecule has 5 rings (SSSR count). The van der Waals surface area contributed by atoms with Crippen molar-refractivity contribution in [1.29, 1.82) is 0 Å². The molecule has 3 aromatic carbocycles. The van der Waals surface area contributed by atoms with Gasteiger partial charge in [-0.1, -0.05) is 71.8 Å². The number of Topliss-reactive ketones (excluding diaryl/α,β-unsaturated/α-hetero) is 1. The normalized spacial score (nSPS) is 11.3. The van der Waals surface area contributed by atoms with E-state index in [1.165, 1.54) is 9.08 Å². The number of aromatic nitrogens is 4. The number of hydrogen-bond acceptors (Lipinski definition) is 4. The highest BCUT2D eigenvalue weighted by Gasteiger charge is 2.18. The fourth-order valence-corrected chi connectivity index (χ4v) is 3.69. The number of carbonyl (C=O) groups excluding carboxylic acids is 1. The minimum absolute atomic E-state index is 0.0714. The summed E-state index contributed by atoms with van der Waals surface area (Å²) in [6, 6.07) is 22.7. The summed E-state index contributed by atoms with van der Waals surface area (Å²) in [6.07, 6.45) is 0. The number of rotatable bonds is 4. The first-order chi connectivity index (χ1) is 15.0. The SMILES string of the molecule is Cc1ccc(C(=O)Cn2c(=O)n3nc(-c4ccc(C)cc4)nc3c3ccccc32)cc1. The molecule has 0 unspecified atom stereocenters. The Balaban J connectivity index is 1.68. The van der Waals surface area contributed by atoms with Crippen LogP contribution in [0.2, 0.25) is 0 Å². The van der Waals surface area contributed by atoms with Crippen molar-refractivity contribution < 1.29 is 4.79 Å². The predicted molar refractivity (Wildman–Crippen MR) is 120 cm³/mol. The largest absolute Gasteiger partial charge is 0.351 e. The number of benzene rings is 3. The van der Waals surface area contributed by atoms with E-state index in [4.69, 9.17) is 0 Å². The van der Waals surface area contributed by atoms with Crippen LogP contribution in [0.3, 0.4) is 0 Å². The Morgan fingerprint density at radius 3 is 2.23 bits per heavy atom. The van der Waals surface area contributed by atoms with Gasteiger partial charge < -0.3 is 0 Å². The number of aryl methyl sites for hydroxylation is 2. The molecule has 6 heteroatoms. The van der Waals surface area contributed by atoms with E-state index in [1.807, 2.05) is 74.5 Å². The van der Waals surface area contributed by atoms with Gasteiger partial charge in [-0.2, -0.15) is 4.52 Å². The van der Waals surface area contributed by atoms with E-state index in [-0.39, 0.29) is 18.0 Å². The minimum Gasteiger partial charge on any atom is -0.292 e. The van der Waals surface area contributed by atoms with Gasteiger partial charge in [-0.25, -0.2) is 9.78 Å². The standard InChI is InChI=1S/C25H20N4O2/c1-16-7-11-18(12-8-16)22(30)15-28-21-6-4-3-5-20(21)24-26-23(27-29(24)25(28)31)19-13-9-17(2)10-14-19/h3-14H,15H2,1-2H3. The molecule has 0 radical (unpaired) electrons. The first-order valence-electron chi connectivity index (χ1n) is 10.1. The van der Waals surface area contributed by atoms with Gasteiger partial charge in [0.1, 0.15) is 0 Å². The zero-order chi connectivity index (χ0) is 21.5. The van der Waals surface area contributed by atoms with Gasteiger partial charge in [0.05, 0.1) is 12.1 Å². The van der Waals surface area contributed by atoms with Crippen molar-refractivity contribution in [1.82, 2.24) is 19.2 Å². The summed E-state index contributed by atoms with van der Waals surface area (Å²) in [5.74, 6) is 0.343. The number of carbonyl (C=O) groups is 1. The average Bonchev–Trinajstić information content (AvgIpc) is 3.23. The van der Waals surface area contributed by atoms with Crippen LogP contribution in [-0.2, 0) is 6.54 Å². The monoisotopic (exact) mass is 408 g/mol. The Hall–Kier alpha value is -4.06. The van der Waals surface area contributed by atoms with Crippen LogP contribution in [0.15, 0.2) is 77.6 Å². The van der Waals surface area contributed by atoms with Gasteiger partial charge in [-0.05, 0) is 26.0 Å². The molecule has 0 saturated carbocycles. The van der Waals surface area contributed by atoms with Gasteiger partial charge in [0.15, 0.2) is 17.3 Å². The molecular weight excluding hydrogens is 388 g/mol. The van der Waals surface area contributed by atoms with Crippen molar-refractivity contribution in [3.05, 3.63) is 100.0 Å². The van der Waals surface area contributed by atoms with Crippen molar-refractivity contribution in [3.8, 4) is 11.4 Å². The first-order valence-corrected chi connectivity index (χ1v) is 10.1. The Bertz CT molecular complexity index is 1490. The highest BCUT2D eigenvalue weighted by Crippen LogP contribution is 2.21. The smallest absolute Gasteiger partial charge is 0.292 e. The van der Waals surface area contributed by atoms with Crippen LogP contribution in [0.5, 0.6) is 0 Å². The number of para-hydroxylation sites is 1. The Kier molecular flexibility index (Phi) is 4.47. The van der Waals surface area contributed by atoms with E-state index in [1.54, 1.807) is 12.1 Å². The molecule has 0 bridgehead atoms. The van der Waals surface area contributed by atoms with Crippen LogP contribution in [-0.4, -0.2) is 24.9 Å². The summed E-state index contributed by atoms with van der Waals surface area (Å²) >= 11 is 0. The second kappa shape index (κ2) is 7.32. The van der Waals surface area contributed by atoms with E-state index in [0.29, 0.717) is 22.6 Å². The maximum atomic E-state index is 13.3. The van der Waals surface area contributed by atoms with Gasteiger partial charge in [-0.3, -0.25) is 9.36 Å². The third-order valence-corrected chi connectivity index (χ3v) is 5.44. The number of fused-ring (bicyclic) bond motifs is 3. The predicted octanol–water partition coefficient (Wildman–Crippen LogP) is 4.21. The topological polar surface area (TPSA) is 69.3 Å². The second-order valence-corrected chi connectivity index (χ2v) is 7.71. The van der Waals surface area contributed by atoms with Crippen molar-refractivity contribution in [2.75, 3.05) is 0 Å². The van der Waals surface area contributed by atoms with E-state index in [2.05, 4.69) is 10.1 Å². The Morgan fingerprint density at radius 1 is 0.871 bits per heavy atom. The van der Waals surface area contributed by atoms with E-state index in [0.717, 1.165) is 22.1 Å². The lowest BCUT2D eigenvalue weighted by Crippen LogP contribution is -2.30. The summed E-state index contributed by atoms with van der Waals surface area (Å²) in [5, 5.41) is 5.24.